The number of benzene rings is 2. The van der Waals surface area contributed by atoms with E-state index in [1.807, 2.05) is 30.3 Å². The smallest absolute Gasteiger partial charge is 0.226 e. The molecule has 26 heavy (non-hydrogen) atoms. The normalized spacial score (nSPS) is 14.4. The van der Waals surface area contributed by atoms with Crippen LogP contribution in [0.5, 0.6) is 5.75 Å². The van der Waals surface area contributed by atoms with Crippen molar-refractivity contribution in [1.29, 1.82) is 0 Å². The van der Waals surface area contributed by atoms with Crippen molar-refractivity contribution in [2.75, 3.05) is 37.7 Å². The Kier molecular flexibility index (Phi) is 5.65. The lowest BCUT2D eigenvalue weighted by atomic mass is 10.2. The first-order valence-corrected chi connectivity index (χ1v) is 8.40. The van der Waals surface area contributed by atoms with Gasteiger partial charge in [0.2, 0.25) is 5.91 Å². The minimum absolute atomic E-state index is 0.0170. The topological polar surface area (TPSA) is 32.8 Å². The second-order valence-corrected chi connectivity index (χ2v) is 5.97. The van der Waals surface area contributed by atoms with E-state index in [4.69, 9.17) is 4.74 Å². The first-order valence-electron chi connectivity index (χ1n) is 8.40. The van der Waals surface area contributed by atoms with Gasteiger partial charge in [-0.05, 0) is 24.3 Å². The van der Waals surface area contributed by atoms with E-state index < -0.39 is 17.5 Å². The quantitative estimate of drug-likeness (QED) is 0.764. The lowest BCUT2D eigenvalue weighted by Gasteiger charge is -2.36. The molecule has 1 amide bonds. The molecule has 1 saturated heterocycles. The lowest BCUT2D eigenvalue weighted by Crippen LogP contribution is -2.49. The molecule has 0 bridgehead atoms. The van der Waals surface area contributed by atoms with Gasteiger partial charge in [-0.3, -0.25) is 4.79 Å². The molecule has 0 saturated carbocycles. The molecule has 2 aromatic rings. The summed E-state index contributed by atoms with van der Waals surface area (Å²) in [6.07, 6.45) is 0.244. The zero-order chi connectivity index (χ0) is 18.5. The molecule has 1 aliphatic rings. The molecule has 1 fully saturated rings. The van der Waals surface area contributed by atoms with Crippen molar-refractivity contribution >= 4 is 11.6 Å². The summed E-state index contributed by atoms with van der Waals surface area (Å²) in [6.45, 7) is 1.77. The summed E-state index contributed by atoms with van der Waals surface area (Å²) in [5, 5.41) is 0. The maximum atomic E-state index is 13.9. The van der Waals surface area contributed by atoms with Crippen molar-refractivity contribution in [2.45, 2.75) is 6.42 Å². The van der Waals surface area contributed by atoms with E-state index >= 15 is 0 Å². The zero-order valence-corrected chi connectivity index (χ0v) is 14.1. The number of carbonyl (C=O) groups excluding carboxylic acids is 1. The number of para-hydroxylation sites is 1. The van der Waals surface area contributed by atoms with Crippen LogP contribution in [0.4, 0.5) is 18.9 Å². The molecule has 0 spiro atoms. The number of hydrogen-bond donors (Lipinski definition) is 0. The number of anilines is 1. The first-order chi connectivity index (χ1) is 12.6. The van der Waals surface area contributed by atoms with Gasteiger partial charge in [-0.1, -0.05) is 18.2 Å². The number of halogens is 3. The zero-order valence-electron chi connectivity index (χ0n) is 14.1. The summed E-state index contributed by atoms with van der Waals surface area (Å²) >= 11 is 0. The first kappa shape index (κ1) is 18.1. The number of hydrogen-bond acceptors (Lipinski definition) is 3. The van der Waals surface area contributed by atoms with Crippen LogP contribution >= 0.6 is 0 Å². The van der Waals surface area contributed by atoms with E-state index in [0.29, 0.717) is 31.9 Å². The fourth-order valence-corrected chi connectivity index (χ4v) is 2.89. The Morgan fingerprint density at radius 1 is 0.923 bits per heavy atom. The SMILES string of the molecule is O=C(CCOc1ccccc1)N1CCN(c2ccc(F)c(F)c2F)CC1. The van der Waals surface area contributed by atoms with Gasteiger partial charge < -0.3 is 14.5 Å². The van der Waals surface area contributed by atoms with Crippen LogP contribution in [0.15, 0.2) is 42.5 Å². The number of ether oxygens (including phenoxy) is 1. The number of nitrogens with zero attached hydrogens (tertiary/aromatic N) is 2. The third-order valence-electron chi connectivity index (χ3n) is 4.32. The Bertz CT molecular complexity index is 763. The van der Waals surface area contributed by atoms with Gasteiger partial charge in [0.15, 0.2) is 17.5 Å². The average molecular weight is 364 g/mol. The number of amides is 1. The van der Waals surface area contributed by atoms with Crippen LogP contribution in [-0.4, -0.2) is 43.6 Å². The van der Waals surface area contributed by atoms with Crippen LogP contribution in [0, 0.1) is 17.5 Å². The molecule has 1 aliphatic heterocycles. The van der Waals surface area contributed by atoms with Gasteiger partial charge in [0.25, 0.3) is 0 Å². The molecular weight excluding hydrogens is 345 g/mol. The summed E-state index contributed by atoms with van der Waals surface area (Å²) in [5.41, 5.74) is 0.0170. The predicted octanol–water partition coefficient (Wildman–Crippen LogP) is 3.22. The van der Waals surface area contributed by atoms with Crippen molar-refractivity contribution in [3.05, 3.63) is 59.9 Å². The largest absolute Gasteiger partial charge is 0.493 e. The van der Waals surface area contributed by atoms with E-state index in [1.165, 1.54) is 6.07 Å². The highest BCUT2D eigenvalue weighted by Crippen LogP contribution is 2.24. The van der Waals surface area contributed by atoms with Crippen molar-refractivity contribution in [3.63, 3.8) is 0 Å². The molecule has 2 aromatic carbocycles. The molecule has 0 aliphatic carbocycles. The highest BCUT2D eigenvalue weighted by atomic mass is 19.2. The maximum Gasteiger partial charge on any atom is 0.226 e. The number of rotatable bonds is 5. The Balaban J connectivity index is 1.49. The van der Waals surface area contributed by atoms with Crippen LogP contribution in [0.25, 0.3) is 0 Å². The van der Waals surface area contributed by atoms with Gasteiger partial charge in [0.1, 0.15) is 5.75 Å². The van der Waals surface area contributed by atoms with Crippen LogP contribution in [0.3, 0.4) is 0 Å². The van der Waals surface area contributed by atoms with Crippen LogP contribution in [0.1, 0.15) is 6.42 Å². The minimum Gasteiger partial charge on any atom is -0.493 e. The second kappa shape index (κ2) is 8.12. The summed E-state index contributed by atoms with van der Waals surface area (Å²) < 4.78 is 45.8. The molecule has 7 heteroatoms. The van der Waals surface area contributed by atoms with E-state index in [-0.39, 0.29) is 24.6 Å². The molecule has 0 N–H and O–H groups in total. The molecule has 0 aromatic heterocycles. The van der Waals surface area contributed by atoms with Crippen molar-refractivity contribution in [3.8, 4) is 5.75 Å². The Hall–Kier alpha value is -2.70. The maximum absolute atomic E-state index is 13.9. The van der Waals surface area contributed by atoms with Gasteiger partial charge >= 0.3 is 0 Å². The summed E-state index contributed by atoms with van der Waals surface area (Å²) in [5.74, 6) is -3.22. The Morgan fingerprint density at radius 3 is 2.31 bits per heavy atom. The van der Waals surface area contributed by atoms with Gasteiger partial charge in [-0.15, -0.1) is 0 Å². The van der Waals surface area contributed by atoms with E-state index in [1.54, 1.807) is 9.80 Å². The Labute approximate surface area is 149 Å². The molecule has 3 rings (SSSR count). The monoisotopic (exact) mass is 364 g/mol. The predicted molar refractivity (Wildman–Crippen MR) is 91.7 cm³/mol. The second-order valence-electron chi connectivity index (χ2n) is 5.97. The van der Waals surface area contributed by atoms with Crippen LogP contribution in [0.2, 0.25) is 0 Å². The van der Waals surface area contributed by atoms with Crippen LogP contribution < -0.4 is 9.64 Å². The summed E-state index contributed by atoms with van der Waals surface area (Å²) in [4.78, 5) is 15.5. The number of piperazine rings is 1. The van der Waals surface area contributed by atoms with Crippen molar-refractivity contribution in [1.82, 2.24) is 4.90 Å². The molecule has 1 heterocycles. The molecular formula is C19H19F3N2O2. The molecule has 4 nitrogen and oxygen atoms in total. The highest BCUT2D eigenvalue weighted by Gasteiger charge is 2.24. The average Bonchev–Trinajstić information content (AvgIpc) is 2.67. The van der Waals surface area contributed by atoms with Gasteiger partial charge in [0.05, 0.1) is 18.7 Å². The minimum atomic E-state index is -1.47. The fourth-order valence-electron chi connectivity index (χ4n) is 2.89. The van der Waals surface area contributed by atoms with Gasteiger partial charge in [0, 0.05) is 26.2 Å². The molecule has 0 radical (unpaired) electrons. The van der Waals surface area contributed by atoms with E-state index in [9.17, 15) is 18.0 Å². The number of carbonyl (C=O) groups is 1. The van der Waals surface area contributed by atoms with Crippen molar-refractivity contribution < 1.29 is 22.7 Å². The Morgan fingerprint density at radius 2 is 1.62 bits per heavy atom. The van der Waals surface area contributed by atoms with Gasteiger partial charge in [-0.2, -0.15) is 0 Å². The van der Waals surface area contributed by atoms with Crippen molar-refractivity contribution in [2.24, 2.45) is 0 Å². The summed E-state index contributed by atoms with van der Waals surface area (Å²) in [7, 11) is 0. The molecule has 138 valence electrons. The van der Waals surface area contributed by atoms with E-state index in [0.717, 1.165) is 6.07 Å². The molecule has 0 atom stereocenters. The highest BCUT2D eigenvalue weighted by molar-refractivity contribution is 5.76. The fraction of sp³-hybridized carbons (Fsp3) is 0.316. The third kappa shape index (κ3) is 4.09. The lowest BCUT2D eigenvalue weighted by molar-refractivity contribution is -0.132. The standard InChI is InChI=1S/C19H19F3N2O2/c20-15-6-7-16(19(22)18(15)21)23-9-11-24(12-10-23)17(25)8-13-26-14-4-2-1-3-5-14/h1-7H,8-13H2. The molecule has 0 unspecified atom stereocenters. The third-order valence-corrected chi connectivity index (χ3v) is 4.32. The van der Waals surface area contributed by atoms with Gasteiger partial charge in [-0.25, -0.2) is 13.2 Å². The van der Waals surface area contributed by atoms with E-state index in [2.05, 4.69) is 0 Å². The van der Waals surface area contributed by atoms with Crippen LogP contribution in [-0.2, 0) is 4.79 Å². The summed E-state index contributed by atoms with van der Waals surface area (Å²) in [6, 6.07) is 11.4.